The van der Waals surface area contributed by atoms with Gasteiger partial charge in [-0.25, -0.2) is 8.42 Å². The molecule has 5 aromatic carbocycles. The minimum atomic E-state index is -4.26. The number of sulfonamides is 1. The minimum absolute atomic E-state index is 0.0315. The Morgan fingerprint density at radius 1 is 0.750 bits per heavy atom. The fraction of sp³-hybridized carbons (Fsp3) is 0.238. The fourth-order valence-electron chi connectivity index (χ4n) is 5.63. The maximum absolute atomic E-state index is 14.8. The number of para-hydroxylation sites is 1. The van der Waals surface area contributed by atoms with Crippen molar-refractivity contribution in [2.45, 2.75) is 57.1 Å². The maximum atomic E-state index is 14.8. The summed E-state index contributed by atoms with van der Waals surface area (Å²) in [6.07, 6.45) is 0.912. The van der Waals surface area contributed by atoms with Gasteiger partial charge in [0.2, 0.25) is 11.8 Å². The number of ether oxygens (including phenoxy) is 2. The molecule has 1 N–H and O–H groups in total. The summed E-state index contributed by atoms with van der Waals surface area (Å²) in [6, 6.07) is 37.9. The molecule has 0 heterocycles. The molecule has 5 aromatic rings. The van der Waals surface area contributed by atoms with Crippen LogP contribution in [0.3, 0.4) is 0 Å². The lowest BCUT2D eigenvalue weighted by Crippen LogP contribution is -2.54. The highest BCUT2D eigenvalue weighted by atomic mass is 32.2. The number of nitrogens with one attached hydrogen (secondary N) is 1. The molecule has 0 fully saturated rings. The molecule has 0 aromatic heterocycles. The lowest BCUT2D eigenvalue weighted by atomic mass is 10.0. The average Bonchev–Trinajstić information content (AvgIpc) is 3.16. The van der Waals surface area contributed by atoms with Gasteiger partial charge in [-0.2, -0.15) is 0 Å². The van der Waals surface area contributed by atoms with Gasteiger partial charge in [0.25, 0.3) is 10.0 Å². The minimum Gasteiger partial charge on any atom is -0.497 e. The zero-order valence-electron chi connectivity index (χ0n) is 29.9. The summed E-state index contributed by atoms with van der Waals surface area (Å²) in [5.74, 6) is 0.837. The average molecular weight is 720 g/mol. The van der Waals surface area contributed by atoms with Gasteiger partial charge in [0, 0.05) is 19.0 Å². The summed E-state index contributed by atoms with van der Waals surface area (Å²) in [6.45, 7) is 5.22. The van der Waals surface area contributed by atoms with Crippen molar-refractivity contribution < 1.29 is 27.5 Å². The van der Waals surface area contributed by atoms with Crippen molar-refractivity contribution in [2.75, 3.05) is 18.0 Å². The molecule has 0 unspecified atom stereocenters. The number of anilines is 1. The number of hydrogen-bond acceptors (Lipinski definition) is 6. The van der Waals surface area contributed by atoms with Crippen molar-refractivity contribution in [3.8, 4) is 17.2 Å². The van der Waals surface area contributed by atoms with Crippen molar-refractivity contribution in [1.82, 2.24) is 10.2 Å². The van der Waals surface area contributed by atoms with E-state index >= 15 is 0 Å². The molecule has 2 amide bonds. The number of nitrogens with zero attached hydrogens (tertiary/aromatic N) is 2. The summed E-state index contributed by atoms with van der Waals surface area (Å²) in [5.41, 5.74) is 2.73. The van der Waals surface area contributed by atoms with E-state index < -0.39 is 28.5 Å². The number of aryl methyl sites for hydroxylation is 1. The molecular formula is C42H45N3O6S. The Hall–Kier alpha value is -5.61. The second-order valence-electron chi connectivity index (χ2n) is 12.6. The molecule has 0 aliphatic rings. The number of benzene rings is 5. The largest absolute Gasteiger partial charge is 0.497 e. The highest BCUT2D eigenvalue weighted by Gasteiger charge is 2.35. The van der Waals surface area contributed by atoms with Crippen LogP contribution in [0.4, 0.5) is 5.69 Å². The topological polar surface area (TPSA) is 105 Å². The number of hydrogen-bond donors (Lipinski definition) is 1. The second-order valence-corrected chi connectivity index (χ2v) is 14.5. The van der Waals surface area contributed by atoms with Gasteiger partial charge in [0.1, 0.15) is 29.8 Å². The van der Waals surface area contributed by atoms with Gasteiger partial charge in [0.15, 0.2) is 0 Å². The Morgan fingerprint density at radius 3 is 1.98 bits per heavy atom. The molecule has 0 aliphatic heterocycles. The molecule has 0 radical (unpaired) electrons. The van der Waals surface area contributed by atoms with Gasteiger partial charge < -0.3 is 19.7 Å². The predicted octanol–water partition coefficient (Wildman–Crippen LogP) is 7.55. The van der Waals surface area contributed by atoms with E-state index in [2.05, 4.69) is 5.32 Å². The first kappa shape index (κ1) is 37.6. The zero-order valence-corrected chi connectivity index (χ0v) is 30.8. The lowest BCUT2D eigenvalue weighted by molar-refractivity contribution is -0.140. The first-order valence-corrected chi connectivity index (χ1v) is 18.7. The zero-order chi connectivity index (χ0) is 37.1. The molecule has 9 nitrogen and oxygen atoms in total. The number of amides is 2. The van der Waals surface area contributed by atoms with Gasteiger partial charge in [-0.3, -0.25) is 13.9 Å². The Morgan fingerprint density at radius 2 is 1.35 bits per heavy atom. The summed E-state index contributed by atoms with van der Waals surface area (Å²) in [5, 5.41) is 3.06. The van der Waals surface area contributed by atoms with Gasteiger partial charge in [-0.15, -0.1) is 0 Å². The number of carbonyl (C=O) groups excluding carboxylic acids is 2. The van der Waals surface area contributed by atoms with Gasteiger partial charge in [-0.1, -0.05) is 85.3 Å². The standard InChI is InChI=1S/C42H45N3O6S/c1-5-32(3)43-42(47)40(28-33-13-8-6-9-14-33)44(29-34-15-12-18-38(27-34)50-4)41(46)30-45(52(48,49)39-25-19-31(2)20-26-39)35-21-23-37(24-22-35)51-36-16-10-7-11-17-36/h6-27,32,40H,5,28-30H2,1-4H3,(H,43,47)/t32-,40+/m1/s1. The van der Waals surface area contributed by atoms with Gasteiger partial charge in [0.05, 0.1) is 17.7 Å². The first-order chi connectivity index (χ1) is 25.1. The Bertz CT molecular complexity index is 2020. The third kappa shape index (κ3) is 9.79. The number of carbonyl (C=O) groups is 2. The molecule has 5 rings (SSSR count). The van der Waals surface area contributed by atoms with E-state index in [1.807, 2.05) is 93.6 Å². The van der Waals surface area contributed by atoms with Crippen LogP contribution in [0.25, 0.3) is 0 Å². The Kier molecular flexibility index (Phi) is 12.7. The highest BCUT2D eigenvalue weighted by molar-refractivity contribution is 7.92. The van der Waals surface area contributed by atoms with Gasteiger partial charge >= 0.3 is 0 Å². The second kappa shape index (κ2) is 17.5. The van der Waals surface area contributed by atoms with E-state index in [0.29, 0.717) is 23.7 Å². The summed E-state index contributed by atoms with van der Waals surface area (Å²) in [7, 11) is -2.70. The van der Waals surface area contributed by atoms with E-state index in [4.69, 9.17) is 9.47 Å². The Labute approximate surface area is 306 Å². The molecule has 52 heavy (non-hydrogen) atoms. The van der Waals surface area contributed by atoms with Crippen LogP contribution in [0.15, 0.2) is 138 Å². The van der Waals surface area contributed by atoms with Crippen LogP contribution in [0.5, 0.6) is 17.2 Å². The maximum Gasteiger partial charge on any atom is 0.264 e. The van der Waals surface area contributed by atoms with Crippen molar-refractivity contribution >= 4 is 27.5 Å². The van der Waals surface area contributed by atoms with Crippen LogP contribution >= 0.6 is 0 Å². The smallest absolute Gasteiger partial charge is 0.264 e. The quantitative estimate of drug-likeness (QED) is 0.113. The Balaban J connectivity index is 1.57. The summed E-state index contributed by atoms with van der Waals surface area (Å²) < 4.78 is 41.4. The third-order valence-electron chi connectivity index (χ3n) is 8.75. The monoisotopic (exact) mass is 719 g/mol. The van der Waals surface area contributed by atoms with E-state index in [9.17, 15) is 18.0 Å². The van der Waals surface area contributed by atoms with Crippen molar-refractivity contribution in [2.24, 2.45) is 0 Å². The van der Waals surface area contributed by atoms with Crippen LogP contribution in [0.2, 0.25) is 0 Å². The molecule has 10 heteroatoms. The molecule has 0 aliphatic carbocycles. The first-order valence-electron chi connectivity index (χ1n) is 17.3. The van der Waals surface area contributed by atoms with Crippen LogP contribution < -0.4 is 19.1 Å². The number of rotatable bonds is 16. The fourth-order valence-corrected chi connectivity index (χ4v) is 7.05. The molecule has 0 bridgehead atoms. The lowest BCUT2D eigenvalue weighted by Gasteiger charge is -2.34. The third-order valence-corrected chi connectivity index (χ3v) is 10.5. The molecule has 0 saturated heterocycles. The van der Waals surface area contributed by atoms with E-state index in [1.165, 1.54) is 17.0 Å². The van der Waals surface area contributed by atoms with Crippen molar-refractivity contribution in [3.05, 3.63) is 150 Å². The molecule has 0 saturated carbocycles. The normalized spacial score (nSPS) is 12.3. The molecule has 0 spiro atoms. The van der Waals surface area contributed by atoms with Gasteiger partial charge in [-0.05, 0) is 92.1 Å². The van der Waals surface area contributed by atoms with Crippen LogP contribution in [0.1, 0.15) is 37.0 Å². The predicted molar refractivity (Wildman–Crippen MR) is 204 cm³/mol. The van der Waals surface area contributed by atoms with Crippen LogP contribution in [-0.4, -0.2) is 50.9 Å². The van der Waals surface area contributed by atoms with Crippen molar-refractivity contribution in [1.29, 1.82) is 0 Å². The molecule has 2 atom stereocenters. The van der Waals surface area contributed by atoms with Crippen LogP contribution in [0, 0.1) is 6.92 Å². The SMILES string of the molecule is CC[C@@H](C)NC(=O)[C@H](Cc1ccccc1)N(Cc1cccc(OC)c1)C(=O)CN(c1ccc(Oc2ccccc2)cc1)S(=O)(=O)c1ccc(C)cc1. The van der Waals surface area contributed by atoms with E-state index in [-0.39, 0.29) is 35.5 Å². The van der Waals surface area contributed by atoms with Crippen molar-refractivity contribution in [3.63, 3.8) is 0 Å². The van der Waals surface area contributed by atoms with E-state index in [1.54, 1.807) is 55.6 Å². The molecule has 270 valence electrons. The molecular weight excluding hydrogens is 675 g/mol. The summed E-state index contributed by atoms with van der Waals surface area (Å²) in [4.78, 5) is 30.4. The van der Waals surface area contributed by atoms with E-state index in [0.717, 1.165) is 21.0 Å². The number of methoxy groups -OCH3 is 1. The van der Waals surface area contributed by atoms with Crippen LogP contribution in [-0.2, 0) is 32.6 Å². The highest BCUT2D eigenvalue weighted by Crippen LogP contribution is 2.29. The summed E-state index contributed by atoms with van der Waals surface area (Å²) >= 11 is 0.